The summed E-state index contributed by atoms with van der Waals surface area (Å²) in [5, 5.41) is 6.56. The van der Waals surface area contributed by atoms with Gasteiger partial charge in [0.1, 0.15) is 5.75 Å². The van der Waals surface area contributed by atoms with Gasteiger partial charge in [0.05, 0.1) is 0 Å². The second kappa shape index (κ2) is 10.1. The van der Waals surface area contributed by atoms with Crippen molar-refractivity contribution in [1.82, 2.24) is 15.5 Å². The molecule has 6 heteroatoms. The fourth-order valence-electron chi connectivity index (χ4n) is 2.21. The number of aliphatic imine (C=N–C) groups is 1. The first-order valence-corrected chi connectivity index (χ1v) is 8.49. The first-order chi connectivity index (χ1) is 12.6. The molecular weight excluding hydrogens is 328 g/mol. The van der Waals surface area contributed by atoms with E-state index in [2.05, 4.69) is 27.8 Å². The summed E-state index contributed by atoms with van der Waals surface area (Å²) < 4.78 is 5.54. The molecule has 0 saturated heterocycles. The molecule has 0 radical (unpaired) electrons. The molecule has 1 amide bonds. The highest BCUT2D eigenvalue weighted by molar-refractivity contribution is 5.79. The monoisotopic (exact) mass is 354 g/mol. The van der Waals surface area contributed by atoms with E-state index >= 15 is 0 Å². The first kappa shape index (κ1) is 19.3. The van der Waals surface area contributed by atoms with Crippen molar-refractivity contribution in [2.24, 2.45) is 4.99 Å². The van der Waals surface area contributed by atoms with Crippen LogP contribution in [0.4, 0.5) is 0 Å². The quantitative estimate of drug-likeness (QED) is 0.590. The van der Waals surface area contributed by atoms with E-state index in [0.29, 0.717) is 18.8 Å². The lowest BCUT2D eigenvalue weighted by molar-refractivity contribution is -0.130. The Kier molecular flexibility index (Phi) is 7.49. The van der Waals surface area contributed by atoms with Crippen LogP contribution in [0.15, 0.2) is 59.6 Å². The summed E-state index contributed by atoms with van der Waals surface area (Å²) in [6.07, 6.45) is 0. The van der Waals surface area contributed by atoms with Crippen molar-refractivity contribution in [3.05, 3.63) is 65.7 Å². The lowest BCUT2D eigenvalue weighted by Gasteiger charge is -2.14. The zero-order valence-corrected chi connectivity index (χ0v) is 15.5. The Morgan fingerprint density at radius 2 is 1.65 bits per heavy atom. The minimum absolute atomic E-state index is 0.0319. The van der Waals surface area contributed by atoms with Gasteiger partial charge in [-0.15, -0.1) is 0 Å². The topological polar surface area (TPSA) is 66.0 Å². The van der Waals surface area contributed by atoms with Crippen molar-refractivity contribution in [1.29, 1.82) is 0 Å². The van der Waals surface area contributed by atoms with E-state index in [1.807, 2.05) is 42.5 Å². The molecule has 0 aliphatic heterocycles. The molecule has 2 rings (SSSR count). The van der Waals surface area contributed by atoms with Gasteiger partial charge in [-0.2, -0.15) is 0 Å². The van der Waals surface area contributed by atoms with Gasteiger partial charge < -0.3 is 20.3 Å². The van der Waals surface area contributed by atoms with E-state index in [1.165, 1.54) is 10.5 Å². The normalized spacial score (nSPS) is 11.0. The van der Waals surface area contributed by atoms with E-state index in [1.54, 1.807) is 21.1 Å². The molecule has 0 saturated carbocycles. The summed E-state index contributed by atoms with van der Waals surface area (Å²) in [4.78, 5) is 17.3. The summed E-state index contributed by atoms with van der Waals surface area (Å²) in [7, 11) is 5.16. The molecule has 0 aromatic heterocycles. The van der Waals surface area contributed by atoms with Gasteiger partial charge in [-0.3, -0.25) is 9.79 Å². The summed E-state index contributed by atoms with van der Waals surface area (Å²) in [5.74, 6) is 1.33. The average molecular weight is 354 g/mol. The number of rotatable bonds is 7. The zero-order chi connectivity index (χ0) is 18.8. The third-order valence-electron chi connectivity index (χ3n) is 3.75. The van der Waals surface area contributed by atoms with Crippen LogP contribution in [0.5, 0.6) is 5.75 Å². The van der Waals surface area contributed by atoms with Gasteiger partial charge in [-0.05, 0) is 23.3 Å². The second-order valence-electron chi connectivity index (χ2n) is 5.99. The van der Waals surface area contributed by atoms with Gasteiger partial charge in [0, 0.05) is 34.2 Å². The molecule has 138 valence electrons. The fourth-order valence-corrected chi connectivity index (χ4v) is 2.21. The molecule has 0 aliphatic rings. The number of hydrogen-bond acceptors (Lipinski definition) is 3. The molecule has 0 spiro atoms. The molecule has 2 N–H and O–H groups in total. The van der Waals surface area contributed by atoms with Crippen LogP contribution in [-0.4, -0.2) is 44.5 Å². The number of likely N-dealkylation sites (N-methyl/N-ethyl adjacent to an activating group) is 1. The van der Waals surface area contributed by atoms with Crippen LogP contribution in [0.3, 0.4) is 0 Å². The number of nitrogens with zero attached hydrogens (tertiary/aromatic N) is 2. The molecule has 2 aromatic carbocycles. The van der Waals surface area contributed by atoms with Crippen molar-refractivity contribution in [3.8, 4) is 5.75 Å². The van der Waals surface area contributed by atoms with Crippen LogP contribution in [0.1, 0.15) is 11.1 Å². The van der Waals surface area contributed by atoms with Crippen molar-refractivity contribution >= 4 is 11.9 Å². The van der Waals surface area contributed by atoms with Gasteiger partial charge in [0.25, 0.3) is 5.91 Å². The Hall–Kier alpha value is -3.02. The van der Waals surface area contributed by atoms with Crippen LogP contribution < -0.4 is 15.4 Å². The summed E-state index contributed by atoms with van der Waals surface area (Å²) in [6, 6.07) is 17.8. The van der Waals surface area contributed by atoms with Crippen LogP contribution in [0, 0.1) is 0 Å². The summed E-state index contributed by atoms with van der Waals surface area (Å²) in [6.45, 7) is 1.34. The van der Waals surface area contributed by atoms with E-state index in [4.69, 9.17) is 4.74 Å². The average Bonchev–Trinajstić information content (AvgIpc) is 2.67. The van der Waals surface area contributed by atoms with Crippen molar-refractivity contribution in [2.45, 2.75) is 13.1 Å². The summed E-state index contributed by atoms with van der Waals surface area (Å²) in [5.41, 5.74) is 2.24. The molecule has 0 aliphatic carbocycles. The fraction of sp³-hybridized carbons (Fsp3) is 0.300. The maximum atomic E-state index is 11.6. The number of carbonyl (C=O) groups excluding carboxylic acids is 1. The minimum atomic E-state index is -0.0703. The molecule has 0 atom stereocenters. The number of carbonyl (C=O) groups is 1. The van der Waals surface area contributed by atoms with Crippen molar-refractivity contribution in [2.75, 3.05) is 27.7 Å². The van der Waals surface area contributed by atoms with Crippen molar-refractivity contribution in [3.63, 3.8) is 0 Å². The molecule has 2 aromatic rings. The van der Waals surface area contributed by atoms with Gasteiger partial charge in [0.15, 0.2) is 12.6 Å². The van der Waals surface area contributed by atoms with Gasteiger partial charge >= 0.3 is 0 Å². The first-order valence-electron chi connectivity index (χ1n) is 8.49. The molecule has 0 heterocycles. The third-order valence-corrected chi connectivity index (χ3v) is 3.75. The highest BCUT2D eigenvalue weighted by atomic mass is 16.5. The molecule has 0 unspecified atom stereocenters. The summed E-state index contributed by atoms with van der Waals surface area (Å²) >= 11 is 0. The smallest absolute Gasteiger partial charge is 0.259 e. The predicted molar refractivity (Wildman–Crippen MR) is 104 cm³/mol. The Bertz CT molecular complexity index is 730. The van der Waals surface area contributed by atoms with Gasteiger partial charge in [-0.1, -0.05) is 42.5 Å². The highest BCUT2D eigenvalue weighted by Crippen LogP contribution is 2.13. The van der Waals surface area contributed by atoms with E-state index in [0.717, 1.165) is 11.5 Å². The maximum Gasteiger partial charge on any atom is 0.259 e. The number of nitrogens with one attached hydrogen (secondary N) is 2. The molecular formula is C20H26N4O2. The Morgan fingerprint density at radius 1 is 1.00 bits per heavy atom. The molecule has 6 nitrogen and oxygen atoms in total. The Balaban J connectivity index is 1.83. The number of hydrogen-bond donors (Lipinski definition) is 2. The number of guanidine groups is 1. The van der Waals surface area contributed by atoms with Crippen LogP contribution >= 0.6 is 0 Å². The number of benzene rings is 2. The zero-order valence-electron chi connectivity index (χ0n) is 15.5. The van der Waals surface area contributed by atoms with Crippen LogP contribution in [-0.2, 0) is 17.9 Å². The second-order valence-corrected chi connectivity index (χ2v) is 5.99. The molecule has 0 fully saturated rings. The Morgan fingerprint density at radius 3 is 2.31 bits per heavy atom. The lowest BCUT2D eigenvalue weighted by Crippen LogP contribution is -2.36. The lowest BCUT2D eigenvalue weighted by atomic mass is 10.2. The highest BCUT2D eigenvalue weighted by Gasteiger charge is 2.05. The van der Waals surface area contributed by atoms with E-state index in [9.17, 15) is 4.79 Å². The van der Waals surface area contributed by atoms with Crippen LogP contribution in [0.25, 0.3) is 0 Å². The largest absolute Gasteiger partial charge is 0.484 e. The van der Waals surface area contributed by atoms with Gasteiger partial charge in [-0.25, -0.2) is 0 Å². The molecule has 0 bridgehead atoms. The predicted octanol–water partition coefficient (Wildman–Crippen LogP) is 2.02. The molecule has 26 heavy (non-hydrogen) atoms. The standard InChI is InChI=1S/C20H26N4O2/c1-21-20(22-13-16-8-5-4-6-9-16)23-14-17-10-7-11-18(12-17)26-15-19(25)24(2)3/h4-12H,13-15H2,1-3H3,(H2,21,22,23). The third kappa shape index (κ3) is 6.47. The maximum absolute atomic E-state index is 11.6. The Labute approximate surface area is 154 Å². The minimum Gasteiger partial charge on any atom is -0.484 e. The van der Waals surface area contributed by atoms with E-state index < -0.39 is 0 Å². The van der Waals surface area contributed by atoms with E-state index in [-0.39, 0.29) is 12.5 Å². The number of ether oxygens (including phenoxy) is 1. The SMILES string of the molecule is CN=C(NCc1ccccc1)NCc1cccc(OCC(=O)N(C)C)c1. The van der Waals surface area contributed by atoms with Crippen molar-refractivity contribution < 1.29 is 9.53 Å². The van der Waals surface area contributed by atoms with Gasteiger partial charge in [0.2, 0.25) is 0 Å². The number of amides is 1. The van der Waals surface area contributed by atoms with Crippen LogP contribution in [0.2, 0.25) is 0 Å².